The van der Waals surface area contributed by atoms with Crippen LogP contribution in [0.15, 0.2) is 192 Å². The summed E-state index contributed by atoms with van der Waals surface area (Å²) >= 11 is 3.64. The third-order valence-electron chi connectivity index (χ3n) is 11.4. The van der Waals surface area contributed by atoms with Gasteiger partial charge in [-0.1, -0.05) is 180 Å². The summed E-state index contributed by atoms with van der Waals surface area (Å²) < 4.78 is 0. The molecule has 1 heterocycles. The number of nitrogens with zero attached hydrogens (tertiary/aromatic N) is 2. The van der Waals surface area contributed by atoms with Crippen molar-refractivity contribution in [1.29, 1.82) is 0 Å². The van der Waals surface area contributed by atoms with E-state index >= 15 is 0 Å². The molecule has 1 fully saturated rings. The first-order valence-corrected chi connectivity index (χ1v) is 23.0. The number of aliphatic imine (C=N–C) groups is 2. The predicted molar refractivity (Wildman–Crippen MR) is 268 cm³/mol. The molecule has 0 aliphatic carbocycles. The minimum Gasteiger partial charge on any atom is -0.271 e. The summed E-state index contributed by atoms with van der Waals surface area (Å²) in [7, 11) is 0. The van der Waals surface area contributed by atoms with Gasteiger partial charge in [0.05, 0.1) is 12.2 Å². The summed E-state index contributed by atoms with van der Waals surface area (Å²) in [6.07, 6.45) is 0. The first-order chi connectivity index (χ1) is 29.9. The van der Waals surface area contributed by atoms with Gasteiger partial charge in [0.1, 0.15) is 10.1 Å². The zero-order valence-corrected chi connectivity index (χ0v) is 36.8. The van der Waals surface area contributed by atoms with Crippen molar-refractivity contribution in [3.8, 4) is 66.8 Å². The highest BCUT2D eigenvalue weighted by molar-refractivity contribution is 8.27. The number of aryl methyl sites for hydroxylation is 4. The molecule has 0 aromatic heterocycles. The zero-order valence-electron chi connectivity index (χ0n) is 35.2. The minimum absolute atomic E-state index is 0.520. The Hall–Kier alpha value is -6.20. The smallest absolute Gasteiger partial charge is 0.129 e. The first-order valence-electron chi connectivity index (χ1n) is 21.0. The van der Waals surface area contributed by atoms with E-state index in [9.17, 15) is 0 Å². The van der Waals surface area contributed by atoms with Crippen molar-refractivity contribution in [3.05, 3.63) is 210 Å². The van der Waals surface area contributed by atoms with Crippen LogP contribution in [0, 0.1) is 27.7 Å². The van der Waals surface area contributed by atoms with Crippen molar-refractivity contribution in [2.24, 2.45) is 9.98 Å². The van der Waals surface area contributed by atoms with Gasteiger partial charge in [-0.15, -0.1) is 23.5 Å². The first kappa shape index (κ1) is 40.2. The standard InChI is InChI=1S/C57H48N2S2/c1-38-15-23-44(24-16-38)50-33-48(42-11-7-5-8-12-42)34-51(45-25-17-39(2)18-26-45)54(50)37-58-56-57(61-32-31-60-56)59-55-52(46-27-19-40(3)20-28-46)35-49(43-13-9-6-10-14-43)36-53(55)47-29-21-41(4)22-30-47/h5-30,33-36H,31-32,37H2,1-4H3. The van der Waals surface area contributed by atoms with Gasteiger partial charge in [-0.25, -0.2) is 4.99 Å². The van der Waals surface area contributed by atoms with Gasteiger partial charge in [0.15, 0.2) is 0 Å². The second-order valence-corrected chi connectivity index (χ2v) is 18.1. The highest BCUT2D eigenvalue weighted by Crippen LogP contribution is 2.45. The zero-order chi connectivity index (χ0) is 41.7. The Bertz CT molecular complexity index is 2730. The molecule has 61 heavy (non-hydrogen) atoms. The molecule has 0 N–H and O–H groups in total. The minimum atomic E-state index is 0.520. The lowest BCUT2D eigenvalue weighted by Crippen LogP contribution is -2.15. The fourth-order valence-electron chi connectivity index (χ4n) is 7.93. The Kier molecular flexibility index (Phi) is 12.0. The van der Waals surface area contributed by atoms with Gasteiger partial charge in [0, 0.05) is 22.6 Å². The lowest BCUT2D eigenvalue weighted by Gasteiger charge is -2.21. The second kappa shape index (κ2) is 18.2. The molecule has 0 saturated carbocycles. The summed E-state index contributed by atoms with van der Waals surface area (Å²) in [5.74, 6) is 1.95. The lowest BCUT2D eigenvalue weighted by molar-refractivity contribution is 1.08. The predicted octanol–water partition coefficient (Wildman–Crippen LogP) is 16.0. The molecule has 2 nitrogen and oxygen atoms in total. The molecule has 9 rings (SSSR count). The summed E-state index contributed by atoms with van der Waals surface area (Å²) in [5.41, 5.74) is 21.2. The van der Waals surface area contributed by atoms with Crippen LogP contribution < -0.4 is 0 Å². The van der Waals surface area contributed by atoms with Gasteiger partial charge < -0.3 is 0 Å². The molecule has 1 saturated heterocycles. The van der Waals surface area contributed by atoms with Crippen LogP contribution in [-0.2, 0) is 6.54 Å². The van der Waals surface area contributed by atoms with Crippen LogP contribution in [0.25, 0.3) is 66.8 Å². The van der Waals surface area contributed by atoms with Crippen LogP contribution in [0.4, 0.5) is 5.69 Å². The number of hydrogen-bond donors (Lipinski definition) is 0. The van der Waals surface area contributed by atoms with Crippen LogP contribution >= 0.6 is 23.5 Å². The fourth-order valence-corrected chi connectivity index (χ4v) is 10.0. The number of benzene rings is 8. The Morgan fingerprint density at radius 2 is 0.705 bits per heavy atom. The van der Waals surface area contributed by atoms with E-state index in [1.54, 1.807) is 0 Å². The van der Waals surface area contributed by atoms with Gasteiger partial charge in [0.2, 0.25) is 0 Å². The number of rotatable bonds is 9. The van der Waals surface area contributed by atoms with Gasteiger partial charge >= 0.3 is 0 Å². The summed E-state index contributed by atoms with van der Waals surface area (Å²) in [6, 6.07) is 66.4. The number of hydrogen-bond acceptors (Lipinski definition) is 4. The maximum absolute atomic E-state index is 5.71. The van der Waals surface area contributed by atoms with Crippen molar-refractivity contribution in [3.63, 3.8) is 0 Å². The Morgan fingerprint density at radius 3 is 1.10 bits per heavy atom. The Balaban J connectivity index is 1.23. The topological polar surface area (TPSA) is 24.7 Å². The van der Waals surface area contributed by atoms with E-state index in [1.807, 2.05) is 23.5 Å². The second-order valence-electron chi connectivity index (χ2n) is 15.9. The quantitative estimate of drug-likeness (QED) is 0.145. The molecule has 0 bridgehead atoms. The van der Waals surface area contributed by atoms with E-state index < -0.39 is 0 Å². The van der Waals surface area contributed by atoms with Crippen LogP contribution in [-0.4, -0.2) is 21.6 Å². The monoisotopic (exact) mass is 824 g/mol. The molecule has 1 aliphatic heterocycles. The van der Waals surface area contributed by atoms with Crippen LogP contribution in [0.2, 0.25) is 0 Å². The maximum Gasteiger partial charge on any atom is 0.129 e. The van der Waals surface area contributed by atoms with Crippen LogP contribution in [0.1, 0.15) is 27.8 Å². The Morgan fingerprint density at radius 1 is 0.361 bits per heavy atom. The summed E-state index contributed by atoms with van der Waals surface area (Å²) in [6.45, 7) is 9.11. The van der Waals surface area contributed by atoms with Crippen molar-refractivity contribution in [2.45, 2.75) is 34.2 Å². The third-order valence-corrected chi connectivity index (χ3v) is 13.7. The molecule has 8 aromatic carbocycles. The molecule has 0 radical (unpaired) electrons. The Labute approximate surface area is 369 Å². The van der Waals surface area contributed by atoms with E-state index in [-0.39, 0.29) is 0 Å². The lowest BCUT2D eigenvalue weighted by atomic mass is 9.87. The van der Waals surface area contributed by atoms with E-state index in [0.717, 1.165) is 49.5 Å². The van der Waals surface area contributed by atoms with E-state index in [1.165, 1.54) is 72.3 Å². The molecule has 0 spiro atoms. The summed E-state index contributed by atoms with van der Waals surface area (Å²) in [5, 5.41) is 1.96. The molecule has 0 amide bonds. The van der Waals surface area contributed by atoms with Crippen molar-refractivity contribution >= 4 is 39.3 Å². The molecule has 4 heteroatoms. The molecular weight excluding hydrogens is 777 g/mol. The van der Waals surface area contributed by atoms with Gasteiger partial charge in [-0.2, -0.15) is 0 Å². The van der Waals surface area contributed by atoms with Gasteiger partial charge in [-0.3, -0.25) is 4.99 Å². The van der Waals surface area contributed by atoms with Crippen molar-refractivity contribution < 1.29 is 0 Å². The molecule has 298 valence electrons. The normalized spacial score (nSPS) is 14.1. The van der Waals surface area contributed by atoms with E-state index in [0.29, 0.717) is 6.54 Å². The van der Waals surface area contributed by atoms with Gasteiger partial charge in [-0.05, 0) is 113 Å². The van der Waals surface area contributed by atoms with E-state index in [4.69, 9.17) is 9.98 Å². The van der Waals surface area contributed by atoms with Crippen molar-refractivity contribution in [1.82, 2.24) is 0 Å². The maximum atomic E-state index is 5.71. The van der Waals surface area contributed by atoms with Crippen LogP contribution in [0.3, 0.4) is 0 Å². The number of thioether (sulfide) groups is 2. The van der Waals surface area contributed by atoms with Gasteiger partial charge in [0.25, 0.3) is 0 Å². The fraction of sp³-hybridized carbons (Fsp3) is 0.123. The van der Waals surface area contributed by atoms with E-state index in [2.05, 4.69) is 210 Å². The molecule has 1 aliphatic rings. The third kappa shape index (κ3) is 9.12. The summed E-state index contributed by atoms with van der Waals surface area (Å²) in [4.78, 5) is 11.3. The average molecular weight is 825 g/mol. The highest BCUT2D eigenvalue weighted by atomic mass is 32.2. The molecule has 0 unspecified atom stereocenters. The largest absolute Gasteiger partial charge is 0.271 e. The highest BCUT2D eigenvalue weighted by Gasteiger charge is 2.23. The molecule has 8 aromatic rings. The SMILES string of the molecule is Cc1ccc(-c2cc(-c3ccccc3)cc(-c3ccc(C)cc3)c2CN=C2SCCSC2=Nc2c(-c3ccc(C)cc3)cc(-c3ccccc3)cc2-c2ccc(C)cc2)cc1. The van der Waals surface area contributed by atoms with Crippen LogP contribution in [0.5, 0.6) is 0 Å². The molecular formula is C57H48N2S2. The van der Waals surface area contributed by atoms with Crippen molar-refractivity contribution in [2.75, 3.05) is 11.5 Å². The molecule has 0 atom stereocenters. The average Bonchev–Trinajstić information content (AvgIpc) is 3.30.